The van der Waals surface area contributed by atoms with Crippen LogP contribution in [0.1, 0.15) is 25.1 Å². The van der Waals surface area contributed by atoms with Crippen LogP contribution in [-0.2, 0) is 4.74 Å². The molecule has 1 unspecified atom stereocenters. The fourth-order valence-electron chi connectivity index (χ4n) is 2.21. The fraction of sp³-hybridized carbons (Fsp3) is 0.692. The molecule has 0 saturated carbocycles. The monoisotopic (exact) mass is 267 g/mol. The minimum atomic E-state index is 0.732. The minimum Gasteiger partial charge on any atom is -0.383 e. The van der Waals surface area contributed by atoms with Crippen LogP contribution >= 0.6 is 11.5 Å². The minimum absolute atomic E-state index is 0.732. The summed E-state index contributed by atoms with van der Waals surface area (Å²) in [5.74, 6) is 1.59. The molecule has 0 aromatic carbocycles. The number of rotatable bonds is 6. The number of aromatic nitrogens is 2. The van der Waals surface area contributed by atoms with Crippen LogP contribution in [0.3, 0.4) is 0 Å². The van der Waals surface area contributed by atoms with Crippen LogP contribution in [0.25, 0.3) is 0 Å². The Bertz CT molecular complexity index is 391. The molecule has 0 saturated heterocycles. The molecule has 100 valence electrons. The molecule has 1 aliphatic carbocycles. The van der Waals surface area contributed by atoms with E-state index in [0.29, 0.717) is 0 Å². The number of methoxy groups -OCH3 is 1. The van der Waals surface area contributed by atoms with Gasteiger partial charge in [-0.3, -0.25) is 0 Å². The van der Waals surface area contributed by atoms with E-state index in [9.17, 15) is 0 Å². The molecule has 1 aromatic heterocycles. The summed E-state index contributed by atoms with van der Waals surface area (Å²) in [6.45, 7) is 4.63. The molecule has 1 heterocycles. The third-order valence-corrected chi connectivity index (χ3v) is 4.08. The molecule has 5 heteroatoms. The Hall–Kier alpha value is -0.940. The molecule has 0 radical (unpaired) electrons. The van der Waals surface area contributed by atoms with Gasteiger partial charge in [-0.25, -0.2) is 4.98 Å². The van der Waals surface area contributed by atoms with Crippen LogP contribution in [0.5, 0.6) is 0 Å². The van der Waals surface area contributed by atoms with Gasteiger partial charge in [0, 0.05) is 31.7 Å². The summed E-state index contributed by atoms with van der Waals surface area (Å²) in [4.78, 5) is 6.81. The zero-order chi connectivity index (χ0) is 12.8. The van der Waals surface area contributed by atoms with Crippen molar-refractivity contribution >= 4 is 16.7 Å². The normalized spacial score (nSPS) is 19.1. The van der Waals surface area contributed by atoms with Crippen molar-refractivity contribution in [3.63, 3.8) is 0 Å². The van der Waals surface area contributed by atoms with Gasteiger partial charge in [-0.05, 0) is 32.1 Å². The van der Waals surface area contributed by atoms with E-state index in [1.807, 2.05) is 6.92 Å². The molecule has 1 aliphatic rings. The number of aryl methyl sites for hydroxylation is 1. The van der Waals surface area contributed by atoms with Crippen molar-refractivity contribution in [2.45, 2.75) is 26.2 Å². The lowest BCUT2D eigenvalue weighted by Crippen LogP contribution is -2.32. The first-order valence-corrected chi connectivity index (χ1v) is 7.26. The summed E-state index contributed by atoms with van der Waals surface area (Å²) in [5, 5.41) is 1.03. The molecule has 18 heavy (non-hydrogen) atoms. The topological polar surface area (TPSA) is 38.2 Å². The Labute approximate surface area is 113 Å². The van der Waals surface area contributed by atoms with E-state index >= 15 is 0 Å². The highest BCUT2D eigenvalue weighted by atomic mass is 32.1. The Morgan fingerprint density at radius 3 is 3.00 bits per heavy atom. The average Bonchev–Trinajstić information content (AvgIpc) is 2.82. The molecular formula is C13H21N3OS. The van der Waals surface area contributed by atoms with Gasteiger partial charge in [0.05, 0.1) is 6.61 Å². The largest absolute Gasteiger partial charge is 0.383 e. The summed E-state index contributed by atoms with van der Waals surface area (Å²) in [5.41, 5.74) is 0. The fourth-order valence-corrected chi connectivity index (χ4v) is 2.92. The maximum atomic E-state index is 5.19. The maximum absolute atomic E-state index is 5.19. The van der Waals surface area contributed by atoms with Gasteiger partial charge in [-0.15, -0.1) is 0 Å². The molecular weight excluding hydrogens is 246 g/mol. The SMILES string of the molecule is COCCN(CC1CC=CCC1)c1nc(C)ns1. The van der Waals surface area contributed by atoms with Crippen molar-refractivity contribution in [1.82, 2.24) is 9.36 Å². The third-order valence-electron chi connectivity index (χ3n) is 3.21. The summed E-state index contributed by atoms with van der Waals surface area (Å²) >= 11 is 1.49. The zero-order valence-electron chi connectivity index (χ0n) is 11.1. The quantitative estimate of drug-likeness (QED) is 0.743. The number of ether oxygens (including phenoxy) is 1. The molecule has 0 N–H and O–H groups in total. The molecule has 1 aromatic rings. The van der Waals surface area contributed by atoms with Crippen molar-refractivity contribution < 1.29 is 4.74 Å². The van der Waals surface area contributed by atoms with E-state index in [0.717, 1.165) is 36.6 Å². The molecule has 0 bridgehead atoms. The van der Waals surface area contributed by atoms with Gasteiger partial charge >= 0.3 is 0 Å². The van der Waals surface area contributed by atoms with Crippen LogP contribution in [-0.4, -0.2) is 36.2 Å². The Kier molecular flexibility index (Phi) is 5.13. The van der Waals surface area contributed by atoms with Crippen molar-refractivity contribution in [3.8, 4) is 0 Å². The lowest BCUT2D eigenvalue weighted by atomic mass is 9.94. The van der Waals surface area contributed by atoms with Crippen molar-refractivity contribution in [1.29, 1.82) is 0 Å². The van der Waals surface area contributed by atoms with E-state index in [-0.39, 0.29) is 0 Å². The van der Waals surface area contributed by atoms with Crippen LogP contribution in [0.4, 0.5) is 5.13 Å². The van der Waals surface area contributed by atoms with Crippen LogP contribution in [0, 0.1) is 12.8 Å². The summed E-state index contributed by atoms with van der Waals surface area (Å²) in [6, 6.07) is 0. The predicted molar refractivity (Wildman–Crippen MR) is 75.2 cm³/mol. The number of hydrogen-bond acceptors (Lipinski definition) is 5. The van der Waals surface area contributed by atoms with Gasteiger partial charge in [-0.1, -0.05) is 12.2 Å². The molecule has 4 nitrogen and oxygen atoms in total. The Balaban J connectivity index is 1.97. The lowest BCUT2D eigenvalue weighted by molar-refractivity contribution is 0.204. The Morgan fingerprint density at radius 1 is 1.50 bits per heavy atom. The molecule has 1 atom stereocenters. The first kappa shape index (κ1) is 13.5. The molecule has 0 fully saturated rings. The van der Waals surface area contributed by atoms with Gasteiger partial charge in [0.25, 0.3) is 0 Å². The van der Waals surface area contributed by atoms with E-state index in [4.69, 9.17) is 4.74 Å². The van der Waals surface area contributed by atoms with E-state index in [2.05, 4.69) is 26.4 Å². The van der Waals surface area contributed by atoms with Gasteiger partial charge < -0.3 is 9.64 Å². The van der Waals surface area contributed by atoms with E-state index < -0.39 is 0 Å². The lowest BCUT2D eigenvalue weighted by Gasteiger charge is -2.27. The maximum Gasteiger partial charge on any atom is 0.205 e. The summed E-state index contributed by atoms with van der Waals surface area (Å²) in [6.07, 6.45) is 8.25. The smallest absolute Gasteiger partial charge is 0.205 e. The van der Waals surface area contributed by atoms with Crippen LogP contribution in [0.15, 0.2) is 12.2 Å². The van der Waals surface area contributed by atoms with Crippen LogP contribution < -0.4 is 4.90 Å². The van der Waals surface area contributed by atoms with Crippen molar-refractivity contribution in [3.05, 3.63) is 18.0 Å². The van der Waals surface area contributed by atoms with E-state index in [1.54, 1.807) is 7.11 Å². The second-order valence-corrected chi connectivity index (χ2v) is 5.44. The highest BCUT2D eigenvalue weighted by molar-refractivity contribution is 7.09. The first-order chi connectivity index (χ1) is 8.79. The third kappa shape index (κ3) is 3.78. The summed E-state index contributed by atoms with van der Waals surface area (Å²) in [7, 11) is 1.74. The Morgan fingerprint density at radius 2 is 2.39 bits per heavy atom. The number of hydrogen-bond donors (Lipinski definition) is 0. The number of anilines is 1. The molecule has 0 aliphatic heterocycles. The molecule has 2 rings (SSSR count). The molecule has 0 spiro atoms. The zero-order valence-corrected chi connectivity index (χ0v) is 11.9. The standard InChI is InChI=1S/C13H21N3OS/c1-11-14-13(18-15-11)16(8-9-17-2)10-12-6-4-3-5-7-12/h3-4,12H,5-10H2,1-2H3. The molecule has 0 amide bonds. The average molecular weight is 267 g/mol. The van der Waals surface area contributed by atoms with Gasteiger partial charge in [-0.2, -0.15) is 4.37 Å². The van der Waals surface area contributed by atoms with Gasteiger partial charge in [0.2, 0.25) is 5.13 Å². The number of nitrogens with zero attached hydrogens (tertiary/aromatic N) is 3. The summed E-state index contributed by atoms with van der Waals surface area (Å²) < 4.78 is 9.46. The predicted octanol–water partition coefficient (Wildman–Crippen LogP) is 2.66. The highest BCUT2D eigenvalue weighted by Crippen LogP contribution is 2.23. The first-order valence-electron chi connectivity index (χ1n) is 6.49. The van der Waals surface area contributed by atoms with Crippen LogP contribution in [0.2, 0.25) is 0 Å². The van der Waals surface area contributed by atoms with Crippen molar-refractivity contribution in [2.75, 3.05) is 31.7 Å². The second kappa shape index (κ2) is 6.85. The van der Waals surface area contributed by atoms with Gasteiger partial charge in [0.1, 0.15) is 5.82 Å². The van der Waals surface area contributed by atoms with Crippen molar-refractivity contribution in [2.24, 2.45) is 5.92 Å². The second-order valence-electron chi connectivity index (χ2n) is 4.71. The van der Waals surface area contributed by atoms with E-state index in [1.165, 1.54) is 30.8 Å². The number of allylic oxidation sites excluding steroid dienone is 2. The highest BCUT2D eigenvalue weighted by Gasteiger charge is 2.17. The van der Waals surface area contributed by atoms with Gasteiger partial charge in [0.15, 0.2) is 0 Å².